The van der Waals surface area contributed by atoms with E-state index in [1.807, 2.05) is 0 Å². The summed E-state index contributed by atoms with van der Waals surface area (Å²) in [6.45, 7) is -0.518. The Labute approximate surface area is 133 Å². The molecule has 9 heteroatoms. The van der Waals surface area contributed by atoms with E-state index in [1.54, 1.807) is 18.2 Å². The zero-order valence-corrected chi connectivity index (χ0v) is 13.3. The summed E-state index contributed by atoms with van der Waals surface area (Å²) in [5.74, 6) is -1.52. The number of sulfonamides is 1. The molecule has 0 aliphatic carbocycles. The lowest BCUT2D eigenvalue weighted by atomic mass is 10.1. The summed E-state index contributed by atoms with van der Waals surface area (Å²) in [5, 5.41) is 8.30. The Morgan fingerprint density at radius 1 is 1.41 bits per heavy atom. The number of nitrogens with zero attached hydrogens (tertiary/aromatic N) is 2. The lowest BCUT2D eigenvalue weighted by Crippen LogP contribution is -2.59. The van der Waals surface area contributed by atoms with Crippen LogP contribution in [0.4, 0.5) is 0 Å². The SMILES string of the molecule is CN(CC(=O)O)S(=O)(=O)C1CN(C(=O)c2cccc(Cl)c2)C1. The second-order valence-corrected chi connectivity index (χ2v) is 7.79. The number of hydrogen-bond donors (Lipinski definition) is 1. The molecule has 0 aromatic heterocycles. The van der Waals surface area contributed by atoms with Gasteiger partial charge >= 0.3 is 5.97 Å². The Kier molecular flexibility index (Phi) is 4.74. The zero-order valence-electron chi connectivity index (χ0n) is 11.8. The first-order valence-electron chi connectivity index (χ1n) is 6.43. The standard InChI is InChI=1S/C13H15ClN2O5S/c1-15(8-12(17)18)22(20,21)11-6-16(7-11)13(19)9-3-2-4-10(14)5-9/h2-5,11H,6-8H2,1H3,(H,17,18). The minimum absolute atomic E-state index is 0.0393. The van der Waals surface area contributed by atoms with Crippen molar-refractivity contribution in [2.75, 3.05) is 26.7 Å². The van der Waals surface area contributed by atoms with Gasteiger partial charge in [-0.25, -0.2) is 8.42 Å². The lowest BCUT2D eigenvalue weighted by molar-refractivity contribution is -0.137. The first kappa shape index (κ1) is 16.7. The molecule has 0 atom stereocenters. The number of hydrogen-bond acceptors (Lipinski definition) is 4. The van der Waals surface area contributed by atoms with Crippen LogP contribution in [0.1, 0.15) is 10.4 Å². The van der Waals surface area contributed by atoms with Gasteiger partial charge in [0.25, 0.3) is 5.91 Å². The van der Waals surface area contributed by atoms with E-state index in [9.17, 15) is 18.0 Å². The molecule has 1 amide bonds. The molecule has 22 heavy (non-hydrogen) atoms. The van der Waals surface area contributed by atoms with Crippen LogP contribution < -0.4 is 0 Å². The molecule has 1 aromatic rings. The number of benzene rings is 1. The molecule has 0 spiro atoms. The van der Waals surface area contributed by atoms with E-state index in [0.717, 1.165) is 4.31 Å². The molecule has 0 unspecified atom stereocenters. The van der Waals surface area contributed by atoms with Crippen LogP contribution in [0.15, 0.2) is 24.3 Å². The van der Waals surface area contributed by atoms with Gasteiger partial charge in [0.15, 0.2) is 0 Å². The van der Waals surface area contributed by atoms with Gasteiger partial charge in [-0.2, -0.15) is 4.31 Å². The average molecular weight is 347 g/mol. The third-order valence-electron chi connectivity index (χ3n) is 3.42. The van der Waals surface area contributed by atoms with E-state index >= 15 is 0 Å². The number of halogens is 1. The smallest absolute Gasteiger partial charge is 0.318 e. The van der Waals surface area contributed by atoms with Crippen molar-refractivity contribution < 1.29 is 23.1 Å². The summed E-state index contributed by atoms with van der Waals surface area (Å²) in [4.78, 5) is 24.1. The number of rotatable bonds is 5. The molecule has 1 aliphatic rings. The quantitative estimate of drug-likeness (QED) is 0.838. The van der Waals surface area contributed by atoms with Crippen molar-refractivity contribution in [1.29, 1.82) is 0 Å². The second kappa shape index (κ2) is 6.23. The lowest BCUT2D eigenvalue weighted by Gasteiger charge is -2.40. The number of carbonyl (C=O) groups excluding carboxylic acids is 1. The molecule has 2 rings (SSSR count). The summed E-state index contributed by atoms with van der Waals surface area (Å²) in [6.07, 6.45) is 0. The van der Waals surface area contributed by atoms with Gasteiger partial charge in [-0.3, -0.25) is 9.59 Å². The van der Waals surface area contributed by atoms with E-state index < -0.39 is 27.8 Å². The highest BCUT2D eigenvalue weighted by atomic mass is 35.5. The molecule has 0 saturated carbocycles. The summed E-state index contributed by atoms with van der Waals surface area (Å²) < 4.78 is 25.0. The van der Waals surface area contributed by atoms with Gasteiger partial charge < -0.3 is 10.0 Å². The summed E-state index contributed by atoms with van der Waals surface area (Å²) in [5.41, 5.74) is 0.391. The van der Waals surface area contributed by atoms with Gasteiger partial charge in [0.1, 0.15) is 11.8 Å². The Hall–Kier alpha value is -1.64. The number of likely N-dealkylation sites (N-methyl/N-ethyl adjacent to an activating group) is 1. The number of carboxylic acid groups (broad SMARTS) is 1. The third kappa shape index (κ3) is 3.40. The van der Waals surface area contributed by atoms with Crippen LogP contribution in [0.5, 0.6) is 0 Å². The summed E-state index contributed by atoms with van der Waals surface area (Å²) in [6, 6.07) is 6.40. The highest BCUT2D eigenvalue weighted by Gasteiger charge is 2.42. The first-order valence-corrected chi connectivity index (χ1v) is 8.31. The van der Waals surface area contributed by atoms with E-state index in [2.05, 4.69) is 0 Å². The molecule has 1 fully saturated rings. The molecular formula is C13H15ClN2O5S. The van der Waals surface area contributed by atoms with E-state index in [0.29, 0.717) is 10.6 Å². The number of carboxylic acids is 1. The minimum atomic E-state index is -3.72. The van der Waals surface area contributed by atoms with Crippen LogP contribution in [0.3, 0.4) is 0 Å². The van der Waals surface area contributed by atoms with Crippen molar-refractivity contribution in [3.8, 4) is 0 Å². The van der Waals surface area contributed by atoms with Crippen molar-refractivity contribution in [2.24, 2.45) is 0 Å². The molecule has 0 radical (unpaired) electrons. The van der Waals surface area contributed by atoms with Crippen molar-refractivity contribution in [3.63, 3.8) is 0 Å². The van der Waals surface area contributed by atoms with Crippen LogP contribution >= 0.6 is 11.6 Å². The fraction of sp³-hybridized carbons (Fsp3) is 0.385. The van der Waals surface area contributed by atoms with Crippen molar-refractivity contribution in [3.05, 3.63) is 34.9 Å². The Balaban J connectivity index is 2.00. The molecule has 1 saturated heterocycles. The average Bonchev–Trinajstić information content (AvgIpc) is 2.35. The Morgan fingerprint density at radius 2 is 2.05 bits per heavy atom. The molecule has 120 valence electrons. The molecular weight excluding hydrogens is 332 g/mol. The van der Waals surface area contributed by atoms with E-state index in [4.69, 9.17) is 16.7 Å². The Bertz CT molecular complexity index is 700. The van der Waals surface area contributed by atoms with Gasteiger partial charge in [0, 0.05) is 30.7 Å². The van der Waals surface area contributed by atoms with Crippen LogP contribution in [-0.2, 0) is 14.8 Å². The van der Waals surface area contributed by atoms with Crippen molar-refractivity contribution in [1.82, 2.24) is 9.21 Å². The van der Waals surface area contributed by atoms with E-state index in [1.165, 1.54) is 18.0 Å². The number of carbonyl (C=O) groups is 2. The first-order chi connectivity index (χ1) is 10.2. The van der Waals surface area contributed by atoms with Gasteiger partial charge in [0.05, 0.1) is 0 Å². The summed E-state index contributed by atoms with van der Waals surface area (Å²) in [7, 11) is -2.51. The Morgan fingerprint density at radius 3 is 2.59 bits per heavy atom. The molecule has 1 heterocycles. The molecule has 1 aliphatic heterocycles. The maximum Gasteiger partial charge on any atom is 0.318 e. The molecule has 1 N–H and O–H groups in total. The fourth-order valence-corrected chi connectivity index (χ4v) is 3.86. The zero-order chi connectivity index (χ0) is 16.5. The maximum absolute atomic E-state index is 12.2. The van der Waals surface area contributed by atoms with Crippen LogP contribution in [0.25, 0.3) is 0 Å². The third-order valence-corrected chi connectivity index (χ3v) is 5.79. The van der Waals surface area contributed by atoms with Crippen LogP contribution in [0.2, 0.25) is 5.02 Å². The summed E-state index contributed by atoms with van der Waals surface area (Å²) >= 11 is 5.82. The van der Waals surface area contributed by atoms with E-state index in [-0.39, 0.29) is 19.0 Å². The molecule has 0 bridgehead atoms. The number of aliphatic carboxylic acids is 1. The predicted octanol–water partition coefficient (Wildman–Crippen LogP) is 0.511. The van der Waals surface area contributed by atoms with Gasteiger partial charge in [-0.1, -0.05) is 17.7 Å². The second-order valence-electron chi connectivity index (χ2n) is 5.04. The normalized spacial score (nSPS) is 15.7. The highest BCUT2D eigenvalue weighted by Crippen LogP contribution is 2.22. The monoisotopic (exact) mass is 346 g/mol. The van der Waals surface area contributed by atoms with Gasteiger partial charge in [0.2, 0.25) is 10.0 Å². The number of likely N-dealkylation sites (tertiary alicyclic amines) is 1. The highest BCUT2D eigenvalue weighted by molar-refractivity contribution is 7.89. The van der Waals surface area contributed by atoms with Crippen molar-refractivity contribution >= 4 is 33.5 Å². The van der Waals surface area contributed by atoms with Crippen LogP contribution in [0, 0.1) is 0 Å². The molecule has 7 nitrogen and oxygen atoms in total. The number of amides is 1. The molecule has 1 aromatic carbocycles. The van der Waals surface area contributed by atoms with Crippen LogP contribution in [-0.4, -0.2) is 66.5 Å². The topological polar surface area (TPSA) is 95.0 Å². The van der Waals surface area contributed by atoms with Gasteiger partial charge in [-0.15, -0.1) is 0 Å². The van der Waals surface area contributed by atoms with Gasteiger partial charge in [-0.05, 0) is 18.2 Å². The van der Waals surface area contributed by atoms with Crippen molar-refractivity contribution in [2.45, 2.75) is 5.25 Å². The maximum atomic E-state index is 12.2. The largest absolute Gasteiger partial charge is 0.480 e. The predicted molar refractivity (Wildman–Crippen MR) is 80.3 cm³/mol. The fourth-order valence-electron chi connectivity index (χ4n) is 2.13. The minimum Gasteiger partial charge on any atom is -0.480 e.